The number of imide groups is 1. The topological polar surface area (TPSA) is 58.6 Å². The van der Waals surface area contributed by atoms with E-state index in [0.717, 1.165) is 23.2 Å². The fourth-order valence-corrected chi connectivity index (χ4v) is 3.81. The van der Waals surface area contributed by atoms with Crippen LogP contribution in [0.2, 0.25) is 0 Å². The van der Waals surface area contributed by atoms with Crippen molar-refractivity contribution >= 4 is 28.8 Å². The van der Waals surface area contributed by atoms with E-state index in [9.17, 15) is 9.59 Å². The Hall–Kier alpha value is -3.86. The zero-order valence-electron chi connectivity index (χ0n) is 18.7. The van der Waals surface area contributed by atoms with Gasteiger partial charge in [-0.1, -0.05) is 49.4 Å². The standard InChI is InChI=1S/C27H26N2O3/c1-5-19-11-14-21(15-12-19)28-25-24(20-13-10-17(2)18(3)16-20)26(30)29(27(25)31)22-8-6-7-9-23(22)32-4/h6-16,28H,5H2,1-4H3. The summed E-state index contributed by atoms with van der Waals surface area (Å²) in [5.74, 6) is -0.329. The van der Waals surface area contributed by atoms with Crippen molar-refractivity contribution in [1.82, 2.24) is 0 Å². The predicted molar refractivity (Wildman–Crippen MR) is 128 cm³/mol. The van der Waals surface area contributed by atoms with E-state index >= 15 is 0 Å². The van der Waals surface area contributed by atoms with Gasteiger partial charge in [-0.15, -0.1) is 0 Å². The Morgan fingerprint density at radius 2 is 1.59 bits per heavy atom. The Kier molecular flexibility index (Phi) is 5.82. The monoisotopic (exact) mass is 426 g/mol. The zero-order valence-corrected chi connectivity index (χ0v) is 18.7. The molecule has 1 aliphatic heterocycles. The van der Waals surface area contributed by atoms with Crippen molar-refractivity contribution < 1.29 is 14.3 Å². The van der Waals surface area contributed by atoms with E-state index in [1.165, 1.54) is 17.6 Å². The molecule has 0 atom stereocenters. The lowest BCUT2D eigenvalue weighted by atomic mass is 9.99. The van der Waals surface area contributed by atoms with E-state index in [4.69, 9.17) is 4.74 Å². The highest BCUT2D eigenvalue weighted by Gasteiger charge is 2.41. The van der Waals surface area contributed by atoms with Gasteiger partial charge in [0, 0.05) is 5.69 Å². The number of rotatable bonds is 6. The first-order valence-corrected chi connectivity index (χ1v) is 10.6. The van der Waals surface area contributed by atoms with Gasteiger partial charge in [-0.3, -0.25) is 9.59 Å². The number of para-hydroxylation sites is 2. The molecule has 0 saturated heterocycles. The average Bonchev–Trinajstić information content (AvgIpc) is 3.05. The Morgan fingerprint density at radius 1 is 0.875 bits per heavy atom. The second-order valence-electron chi connectivity index (χ2n) is 7.84. The molecule has 0 aliphatic carbocycles. The maximum absolute atomic E-state index is 13.6. The van der Waals surface area contributed by atoms with Crippen LogP contribution in [0.3, 0.4) is 0 Å². The SMILES string of the molecule is CCc1ccc(NC2=C(c3ccc(C)c(C)c3)C(=O)N(c3ccccc3OC)C2=O)cc1. The van der Waals surface area contributed by atoms with Gasteiger partial charge < -0.3 is 10.1 Å². The summed E-state index contributed by atoms with van der Waals surface area (Å²) >= 11 is 0. The third-order valence-electron chi connectivity index (χ3n) is 5.84. The van der Waals surface area contributed by atoms with Crippen molar-refractivity contribution in [3.8, 4) is 5.75 Å². The predicted octanol–water partition coefficient (Wildman–Crippen LogP) is 5.27. The normalized spacial score (nSPS) is 13.7. The molecule has 32 heavy (non-hydrogen) atoms. The molecular weight excluding hydrogens is 400 g/mol. The number of amides is 2. The molecule has 162 valence electrons. The smallest absolute Gasteiger partial charge is 0.282 e. The van der Waals surface area contributed by atoms with Gasteiger partial charge in [0.25, 0.3) is 11.8 Å². The van der Waals surface area contributed by atoms with Crippen LogP contribution in [-0.2, 0) is 16.0 Å². The minimum atomic E-state index is -0.410. The number of hydrogen-bond acceptors (Lipinski definition) is 4. The molecule has 1 aliphatic rings. The van der Waals surface area contributed by atoms with Crippen LogP contribution in [0.15, 0.2) is 72.4 Å². The lowest BCUT2D eigenvalue weighted by Gasteiger charge is -2.18. The van der Waals surface area contributed by atoms with Crippen LogP contribution >= 0.6 is 0 Å². The fraction of sp³-hybridized carbons (Fsp3) is 0.185. The number of benzene rings is 3. The van der Waals surface area contributed by atoms with Gasteiger partial charge in [0.2, 0.25) is 0 Å². The largest absolute Gasteiger partial charge is 0.495 e. The molecule has 3 aromatic rings. The summed E-state index contributed by atoms with van der Waals surface area (Å²) in [6.07, 6.45) is 0.926. The van der Waals surface area contributed by atoms with Crippen molar-refractivity contribution in [3.63, 3.8) is 0 Å². The number of hydrogen-bond donors (Lipinski definition) is 1. The zero-order chi connectivity index (χ0) is 22.8. The van der Waals surface area contributed by atoms with Crippen LogP contribution in [-0.4, -0.2) is 18.9 Å². The van der Waals surface area contributed by atoms with Gasteiger partial charge in [-0.2, -0.15) is 0 Å². The Labute approximate surface area is 188 Å². The molecule has 5 heteroatoms. The highest BCUT2D eigenvalue weighted by atomic mass is 16.5. The van der Waals surface area contributed by atoms with Gasteiger partial charge in [-0.25, -0.2) is 4.90 Å². The van der Waals surface area contributed by atoms with Crippen LogP contribution in [0.1, 0.15) is 29.2 Å². The van der Waals surface area contributed by atoms with E-state index in [1.807, 2.05) is 56.3 Å². The first-order chi connectivity index (χ1) is 15.4. The van der Waals surface area contributed by atoms with Crippen molar-refractivity contribution in [3.05, 3.63) is 94.7 Å². The van der Waals surface area contributed by atoms with E-state index < -0.39 is 5.91 Å². The third kappa shape index (κ3) is 3.78. The van der Waals surface area contributed by atoms with Gasteiger partial charge >= 0.3 is 0 Å². The van der Waals surface area contributed by atoms with E-state index in [-0.39, 0.29) is 11.6 Å². The molecule has 0 fully saturated rings. The number of methoxy groups -OCH3 is 1. The Bertz CT molecular complexity index is 1230. The minimum Gasteiger partial charge on any atom is -0.495 e. The fourth-order valence-electron chi connectivity index (χ4n) is 3.81. The second kappa shape index (κ2) is 8.71. The van der Waals surface area contributed by atoms with Crippen molar-refractivity contribution in [2.45, 2.75) is 27.2 Å². The van der Waals surface area contributed by atoms with Crippen molar-refractivity contribution in [2.24, 2.45) is 0 Å². The quantitative estimate of drug-likeness (QED) is 0.546. The summed E-state index contributed by atoms with van der Waals surface area (Å²) in [5.41, 5.74) is 5.86. The van der Waals surface area contributed by atoms with Gasteiger partial charge in [0.1, 0.15) is 11.4 Å². The molecule has 4 rings (SSSR count). The minimum absolute atomic E-state index is 0.258. The molecule has 0 radical (unpaired) electrons. The number of anilines is 2. The Morgan fingerprint density at radius 3 is 2.25 bits per heavy atom. The summed E-state index contributed by atoms with van der Waals surface area (Å²) in [4.78, 5) is 28.4. The molecule has 0 saturated carbocycles. The third-order valence-corrected chi connectivity index (χ3v) is 5.84. The van der Waals surface area contributed by atoms with E-state index in [2.05, 4.69) is 12.2 Å². The molecule has 5 nitrogen and oxygen atoms in total. The van der Waals surface area contributed by atoms with Gasteiger partial charge in [-0.05, 0) is 66.8 Å². The van der Waals surface area contributed by atoms with Gasteiger partial charge in [0.05, 0.1) is 18.4 Å². The van der Waals surface area contributed by atoms with Crippen LogP contribution in [0.4, 0.5) is 11.4 Å². The molecule has 0 bridgehead atoms. The summed E-state index contributed by atoms with van der Waals surface area (Å²) in [5, 5.41) is 3.22. The molecule has 2 amide bonds. The summed E-state index contributed by atoms with van der Waals surface area (Å²) in [6.45, 7) is 6.10. The average molecular weight is 427 g/mol. The number of carbonyl (C=O) groups is 2. The highest BCUT2D eigenvalue weighted by molar-refractivity contribution is 6.46. The van der Waals surface area contributed by atoms with Crippen molar-refractivity contribution in [1.29, 1.82) is 0 Å². The van der Waals surface area contributed by atoms with Crippen LogP contribution in [0, 0.1) is 13.8 Å². The molecule has 1 N–H and O–H groups in total. The van der Waals surface area contributed by atoms with Gasteiger partial charge in [0.15, 0.2) is 0 Å². The lowest BCUT2D eigenvalue weighted by Crippen LogP contribution is -2.32. The van der Waals surface area contributed by atoms with Crippen molar-refractivity contribution in [2.75, 3.05) is 17.3 Å². The maximum atomic E-state index is 13.6. The molecule has 3 aromatic carbocycles. The van der Waals surface area contributed by atoms with Crippen LogP contribution in [0.5, 0.6) is 5.75 Å². The first kappa shape index (κ1) is 21.4. The Balaban J connectivity index is 1.84. The van der Waals surface area contributed by atoms with Crippen LogP contribution < -0.4 is 15.0 Å². The van der Waals surface area contributed by atoms with E-state index in [0.29, 0.717) is 22.6 Å². The number of aryl methyl sites for hydroxylation is 3. The van der Waals surface area contributed by atoms with Crippen LogP contribution in [0.25, 0.3) is 5.57 Å². The summed E-state index contributed by atoms with van der Waals surface area (Å²) < 4.78 is 5.42. The molecular formula is C27H26N2O3. The molecule has 0 aromatic heterocycles. The number of ether oxygens (including phenoxy) is 1. The lowest BCUT2D eigenvalue weighted by molar-refractivity contribution is -0.120. The molecule has 1 heterocycles. The number of nitrogens with one attached hydrogen (secondary N) is 1. The second-order valence-corrected chi connectivity index (χ2v) is 7.84. The summed E-state index contributed by atoms with van der Waals surface area (Å²) in [6, 6.07) is 20.7. The highest BCUT2D eigenvalue weighted by Crippen LogP contribution is 2.38. The number of carbonyl (C=O) groups excluding carboxylic acids is 2. The number of nitrogens with zero attached hydrogens (tertiary/aromatic N) is 1. The first-order valence-electron chi connectivity index (χ1n) is 10.6. The maximum Gasteiger partial charge on any atom is 0.282 e. The summed E-state index contributed by atoms with van der Waals surface area (Å²) in [7, 11) is 1.52. The van der Waals surface area contributed by atoms with E-state index in [1.54, 1.807) is 24.3 Å². The molecule has 0 spiro atoms. The molecule has 0 unspecified atom stereocenters.